The van der Waals surface area contributed by atoms with Gasteiger partial charge in [-0.1, -0.05) is 11.6 Å². The van der Waals surface area contributed by atoms with Crippen molar-refractivity contribution in [2.24, 2.45) is 5.92 Å². The third-order valence-electron chi connectivity index (χ3n) is 4.46. The topological polar surface area (TPSA) is 48.0 Å². The average molecular weight is 354 g/mol. The van der Waals surface area contributed by atoms with Crippen LogP contribution in [0.4, 0.5) is 0 Å². The summed E-state index contributed by atoms with van der Waals surface area (Å²) in [5.41, 5.74) is 0. The molecule has 0 spiro atoms. The summed E-state index contributed by atoms with van der Waals surface area (Å²) in [4.78, 5) is 14.3. The zero-order valence-corrected chi connectivity index (χ0v) is 14.5. The van der Waals surface area contributed by atoms with E-state index < -0.39 is 0 Å². The third-order valence-corrected chi connectivity index (χ3v) is 4.71. The van der Waals surface area contributed by atoms with E-state index in [0.717, 1.165) is 31.7 Å². The fourth-order valence-electron chi connectivity index (χ4n) is 3.21. The first-order valence-electron chi connectivity index (χ1n) is 8.62. The molecular weight excluding hydrogens is 330 g/mol. The molecule has 1 aromatic rings. The van der Waals surface area contributed by atoms with E-state index in [0.29, 0.717) is 43.6 Å². The second kappa shape index (κ2) is 8.70. The van der Waals surface area contributed by atoms with E-state index in [1.54, 1.807) is 12.1 Å². The molecule has 2 aliphatic rings. The predicted octanol–water partition coefficient (Wildman–Crippen LogP) is 3.11. The molecule has 0 N–H and O–H groups in total. The van der Waals surface area contributed by atoms with Crippen LogP contribution in [0.5, 0.6) is 5.75 Å². The zero-order chi connectivity index (χ0) is 16.8. The largest absolute Gasteiger partial charge is 0.494 e. The molecule has 2 saturated heterocycles. The van der Waals surface area contributed by atoms with Crippen molar-refractivity contribution in [2.75, 3.05) is 32.9 Å². The molecule has 1 aromatic carbocycles. The van der Waals surface area contributed by atoms with Gasteiger partial charge in [-0.25, -0.2) is 0 Å². The van der Waals surface area contributed by atoms with Crippen molar-refractivity contribution in [3.63, 3.8) is 0 Å². The van der Waals surface area contributed by atoms with E-state index in [9.17, 15) is 4.79 Å². The average Bonchev–Trinajstić information content (AvgIpc) is 3.15. The SMILES string of the molecule is O=C(CCCOc1ccc(Cl)cc1)N1CCCC(C2OCCO2)C1. The molecule has 5 nitrogen and oxygen atoms in total. The number of nitrogens with zero attached hydrogens (tertiary/aromatic N) is 1. The summed E-state index contributed by atoms with van der Waals surface area (Å²) in [5, 5.41) is 0.687. The van der Waals surface area contributed by atoms with E-state index in [-0.39, 0.29) is 12.2 Å². The second-order valence-electron chi connectivity index (χ2n) is 6.26. The van der Waals surface area contributed by atoms with Gasteiger partial charge in [0, 0.05) is 30.5 Å². The lowest BCUT2D eigenvalue weighted by atomic mass is 9.97. The van der Waals surface area contributed by atoms with E-state index in [4.69, 9.17) is 25.8 Å². The highest BCUT2D eigenvalue weighted by molar-refractivity contribution is 6.30. The minimum atomic E-state index is -0.131. The minimum Gasteiger partial charge on any atom is -0.494 e. The Balaban J connectivity index is 1.37. The Morgan fingerprint density at radius 2 is 2.00 bits per heavy atom. The molecule has 2 fully saturated rings. The molecule has 132 valence electrons. The molecule has 0 bridgehead atoms. The number of benzene rings is 1. The second-order valence-corrected chi connectivity index (χ2v) is 6.69. The standard InChI is InChI=1S/C18H24ClNO4/c19-15-5-7-16(8-6-15)22-10-2-4-17(21)20-9-1-3-14(13-20)18-23-11-12-24-18/h5-8,14,18H,1-4,9-13H2. The van der Waals surface area contributed by atoms with Gasteiger partial charge in [-0.05, 0) is 43.5 Å². The van der Waals surface area contributed by atoms with Gasteiger partial charge in [-0.2, -0.15) is 0 Å². The number of likely N-dealkylation sites (tertiary alicyclic amines) is 1. The summed E-state index contributed by atoms with van der Waals surface area (Å²) in [7, 11) is 0. The van der Waals surface area contributed by atoms with Crippen LogP contribution in [-0.4, -0.2) is 50.0 Å². The fourth-order valence-corrected chi connectivity index (χ4v) is 3.34. The number of halogens is 1. The Hall–Kier alpha value is -1.30. The van der Waals surface area contributed by atoms with Crippen molar-refractivity contribution in [1.82, 2.24) is 4.90 Å². The molecular formula is C18H24ClNO4. The number of amides is 1. The van der Waals surface area contributed by atoms with Gasteiger partial charge in [0.05, 0.1) is 19.8 Å². The lowest BCUT2D eigenvalue weighted by Gasteiger charge is -2.34. The van der Waals surface area contributed by atoms with E-state index >= 15 is 0 Å². The Bertz CT molecular complexity index is 530. The molecule has 6 heteroatoms. The number of hydrogen-bond acceptors (Lipinski definition) is 4. The molecule has 0 radical (unpaired) electrons. The summed E-state index contributed by atoms with van der Waals surface area (Å²) < 4.78 is 16.8. The van der Waals surface area contributed by atoms with Gasteiger partial charge in [0.15, 0.2) is 6.29 Å². The fraction of sp³-hybridized carbons (Fsp3) is 0.611. The monoisotopic (exact) mass is 353 g/mol. The molecule has 0 saturated carbocycles. The molecule has 1 amide bonds. The van der Waals surface area contributed by atoms with E-state index in [2.05, 4.69) is 0 Å². The highest BCUT2D eigenvalue weighted by Crippen LogP contribution is 2.25. The first-order chi connectivity index (χ1) is 11.7. The van der Waals surface area contributed by atoms with Crippen LogP contribution in [0.2, 0.25) is 5.02 Å². The van der Waals surface area contributed by atoms with Crippen molar-refractivity contribution in [2.45, 2.75) is 32.0 Å². The third kappa shape index (κ3) is 4.85. The quantitative estimate of drug-likeness (QED) is 0.737. The van der Waals surface area contributed by atoms with Crippen LogP contribution in [0, 0.1) is 5.92 Å². The highest BCUT2D eigenvalue weighted by Gasteiger charge is 2.32. The van der Waals surface area contributed by atoms with Crippen molar-refractivity contribution in [1.29, 1.82) is 0 Å². The summed E-state index contributed by atoms with van der Waals surface area (Å²) >= 11 is 5.84. The minimum absolute atomic E-state index is 0.131. The number of carbonyl (C=O) groups is 1. The summed E-state index contributed by atoms with van der Waals surface area (Å²) in [6.45, 7) is 3.43. The van der Waals surface area contributed by atoms with Crippen molar-refractivity contribution >= 4 is 17.5 Å². The van der Waals surface area contributed by atoms with E-state index in [1.807, 2.05) is 17.0 Å². The van der Waals surface area contributed by atoms with Gasteiger partial charge in [0.1, 0.15) is 5.75 Å². The van der Waals surface area contributed by atoms with Gasteiger partial charge in [-0.15, -0.1) is 0 Å². The number of piperidine rings is 1. The molecule has 1 unspecified atom stereocenters. The van der Waals surface area contributed by atoms with Crippen LogP contribution in [-0.2, 0) is 14.3 Å². The Labute approximate surface area is 147 Å². The predicted molar refractivity (Wildman–Crippen MR) is 91.2 cm³/mol. The number of carbonyl (C=O) groups excluding carboxylic acids is 1. The molecule has 1 atom stereocenters. The number of hydrogen-bond donors (Lipinski definition) is 0. The molecule has 24 heavy (non-hydrogen) atoms. The highest BCUT2D eigenvalue weighted by atomic mass is 35.5. The van der Waals surface area contributed by atoms with Gasteiger partial charge in [0.2, 0.25) is 5.91 Å². The molecule has 2 aliphatic heterocycles. The van der Waals surface area contributed by atoms with Gasteiger partial charge in [0.25, 0.3) is 0 Å². The smallest absolute Gasteiger partial charge is 0.222 e. The maximum absolute atomic E-state index is 12.4. The van der Waals surface area contributed by atoms with Crippen molar-refractivity contribution in [3.05, 3.63) is 29.3 Å². The summed E-state index contributed by atoms with van der Waals surface area (Å²) in [6.07, 6.45) is 3.16. The van der Waals surface area contributed by atoms with Gasteiger partial charge in [-0.3, -0.25) is 4.79 Å². The van der Waals surface area contributed by atoms with E-state index in [1.165, 1.54) is 0 Å². The van der Waals surface area contributed by atoms with Crippen LogP contribution < -0.4 is 4.74 Å². The van der Waals surface area contributed by atoms with Crippen LogP contribution in [0.3, 0.4) is 0 Å². The lowest BCUT2D eigenvalue weighted by Crippen LogP contribution is -2.43. The van der Waals surface area contributed by atoms with Gasteiger partial charge >= 0.3 is 0 Å². The summed E-state index contributed by atoms with van der Waals surface area (Å²) in [6, 6.07) is 7.26. The zero-order valence-electron chi connectivity index (χ0n) is 13.8. The molecule has 2 heterocycles. The van der Waals surface area contributed by atoms with Crippen molar-refractivity contribution < 1.29 is 19.0 Å². The van der Waals surface area contributed by atoms with Crippen LogP contribution in [0.25, 0.3) is 0 Å². The Morgan fingerprint density at radius 1 is 1.25 bits per heavy atom. The molecule has 0 aromatic heterocycles. The van der Waals surface area contributed by atoms with Crippen LogP contribution in [0.15, 0.2) is 24.3 Å². The maximum Gasteiger partial charge on any atom is 0.222 e. The summed E-state index contributed by atoms with van der Waals surface area (Å²) in [5.74, 6) is 1.27. The van der Waals surface area contributed by atoms with Crippen LogP contribution in [0.1, 0.15) is 25.7 Å². The lowest BCUT2D eigenvalue weighted by molar-refractivity contribution is -0.139. The molecule has 0 aliphatic carbocycles. The van der Waals surface area contributed by atoms with Crippen molar-refractivity contribution in [3.8, 4) is 5.75 Å². The first kappa shape index (κ1) is 17.5. The molecule has 3 rings (SSSR count). The van der Waals surface area contributed by atoms with Gasteiger partial charge < -0.3 is 19.1 Å². The maximum atomic E-state index is 12.4. The Kier molecular flexibility index (Phi) is 6.35. The first-order valence-corrected chi connectivity index (χ1v) is 8.99. The number of ether oxygens (including phenoxy) is 3. The number of rotatable bonds is 6. The Morgan fingerprint density at radius 3 is 2.75 bits per heavy atom. The van der Waals surface area contributed by atoms with Crippen LogP contribution >= 0.6 is 11.6 Å². The normalized spacial score (nSPS) is 21.9.